The Hall–Kier alpha value is -4.34. The summed E-state index contributed by atoms with van der Waals surface area (Å²) < 4.78 is 44.6. The van der Waals surface area contributed by atoms with Crippen LogP contribution in [-0.2, 0) is 19.3 Å². The van der Waals surface area contributed by atoms with E-state index in [0.29, 0.717) is 23.3 Å². The zero-order chi connectivity index (χ0) is 27.9. The number of H-pyrrole nitrogens is 1. The zero-order valence-electron chi connectivity index (χ0n) is 21.7. The molecule has 2 aromatic carbocycles. The summed E-state index contributed by atoms with van der Waals surface area (Å²) in [4.78, 5) is 30.4. The molecular formula is C29H28F3N5O2. The summed E-state index contributed by atoms with van der Waals surface area (Å²) in [6.07, 6.45) is -1.33. The van der Waals surface area contributed by atoms with Crippen LogP contribution in [0, 0.1) is 5.92 Å². The molecule has 0 saturated carbocycles. The fraction of sp³-hybridized carbons (Fsp3) is 0.276. The highest BCUT2D eigenvalue weighted by Crippen LogP contribution is 2.32. The van der Waals surface area contributed by atoms with E-state index in [9.17, 15) is 22.8 Å². The highest BCUT2D eigenvalue weighted by Gasteiger charge is 2.33. The predicted molar refractivity (Wildman–Crippen MR) is 144 cm³/mol. The minimum atomic E-state index is -4.47. The average molecular weight is 536 g/mol. The number of nitrogens with zero attached hydrogens (tertiary/aromatic N) is 4. The van der Waals surface area contributed by atoms with E-state index in [2.05, 4.69) is 10.1 Å². The number of nitrogens with one attached hydrogen (secondary N) is 1. The van der Waals surface area contributed by atoms with E-state index in [1.54, 1.807) is 22.9 Å². The maximum atomic E-state index is 13.6. The van der Waals surface area contributed by atoms with Crippen LogP contribution in [0.3, 0.4) is 0 Å². The molecule has 1 N–H and O–H groups in total. The largest absolute Gasteiger partial charge is 0.416 e. The Morgan fingerprint density at radius 2 is 1.67 bits per heavy atom. The lowest BCUT2D eigenvalue weighted by Gasteiger charge is -2.18. The molecular weight excluding hydrogens is 507 g/mol. The maximum Gasteiger partial charge on any atom is 0.416 e. The molecule has 10 heteroatoms. The third kappa shape index (κ3) is 5.06. The number of hydrogen-bond acceptors (Lipinski definition) is 3. The van der Waals surface area contributed by atoms with Crippen molar-refractivity contribution >= 4 is 11.0 Å². The van der Waals surface area contributed by atoms with E-state index >= 15 is 0 Å². The van der Waals surface area contributed by atoms with Crippen LogP contribution >= 0.6 is 0 Å². The minimum absolute atomic E-state index is 0.0740. The van der Waals surface area contributed by atoms with Gasteiger partial charge in [0, 0.05) is 18.3 Å². The highest BCUT2D eigenvalue weighted by molar-refractivity contribution is 5.82. The first-order valence-electron chi connectivity index (χ1n) is 12.7. The van der Waals surface area contributed by atoms with Gasteiger partial charge < -0.3 is 4.98 Å². The first kappa shape index (κ1) is 26.3. The number of benzene rings is 2. The van der Waals surface area contributed by atoms with Crippen LogP contribution in [0.4, 0.5) is 13.2 Å². The zero-order valence-corrected chi connectivity index (χ0v) is 21.7. The van der Waals surface area contributed by atoms with E-state index in [4.69, 9.17) is 0 Å². The Morgan fingerprint density at radius 1 is 0.974 bits per heavy atom. The molecule has 0 spiro atoms. The smallest absolute Gasteiger partial charge is 0.349 e. The normalized spacial score (nSPS) is 12.9. The molecule has 39 heavy (non-hydrogen) atoms. The lowest BCUT2D eigenvalue weighted by molar-refractivity contribution is -0.138. The number of fused-ring (bicyclic) bond motifs is 1. The summed E-state index contributed by atoms with van der Waals surface area (Å²) in [5, 5.41) is 4.25. The molecule has 0 saturated heterocycles. The molecule has 1 atom stereocenters. The minimum Gasteiger partial charge on any atom is -0.349 e. The number of aromatic amines is 1. The van der Waals surface area contributed by atoms with E-state index in [-0.39, 0.29) is 23.5 Å². The number of aromatic nitrogens is 5. The van der Waals surface area contributed by atoms with Crippen LogP contribution in [0.5, 0.6) is 0 Å². The van der Waals surface area contributed by atoms with Crippen LogP contribution in [0.2, 0.25) is 0 Å². The molecule has 3 aromatic heterocycles. The van der Waals surface area contributed by atoms with Crippen LogP contribution in [0.1, 0.15) is 43.5 Å². The second-order valence-corrected chi connectivity index (χ2v) is 10.1. The van der Waals surface area contributed by atoms with Gasteiger partial charge in [0.25, 0.3) is 5.56 Å². The van der Waals surface area contributed by atoms with Crippen molar-refractivity contribution in [1.82, 2.24) is 23.9 Å². The van der Waals surface area contributed by atoms with Crippen molar-refractivity contribution in [1.29, 1.82) is 0 Å². The van der Waals surface area contributed by atoms with Crippen molar-refractivity contribution in [3.05, 3.63) is 111 Å². The van der Waals surface area contributed by atoms with Gasteiger partial charge >= 0.3 is 11.9 Å². The molecule has 7 nitrogen and oxygen atoms in total. The molecule has 0 radical (unpaired) electrons. The molecule has 0 aliphatic heterocycles. The van der Waals surface area contributed by atoms with Gasteiger partial charge in [0.2, 0.25) is 0 Å². The Kier molecular flexibility index (Phi) is 6.80. The molecule has 202 valence electrons. The van der Waals surface area contributed by atoms with Crippen molar-refractivity contribution in [3.63, 3.8) is 0 Å². The average Bonchev–Trinajstić information content (AvgIpc) is 3.54. The summed E-state index contributed by atoms with van der Waals surface area (Å²) in [5.41, 5.74) is 1.26. The van der Waals surface area contributed by atoms with Gasteiger partial charge in [-0.05, 0) is 36.1 Å². The Balaban J connectivity index is 1.59. The monoisotopic (exact) mass is 535 g/mol. The summed E-state index contributed by atoms with van der Waals surface area (Å²) in [6.45, 7) is 6.13. The van der Waals surface area contributed by atoms with Gasteiger partial charge in [-0.15, -0.1) is 0 Å². The van der Waals surface area contributed by atoms with Gasteiger partial charge in [-0.2, -0.15) is 18.3 Å². The Bertz CT molecular complexity index is 1740. The Labute approximate surface area is 222 Å². The van der Waals surface area contributed by atoms with Crippen molar-refractivity contribution in [2.45, 2.75) is 46.1 Å². The SMILES string of the molecule is CC(C)Cn1c(=O)n(C(C)c2ccccc2)c(=O)c2[nH]c(-c3cnn(Cc4ccccc4C(F)(F)F)c3)cc21. The van der Waals surface area contributed by atoms with Gasteiger partial charge in [-0.3, -0.25) is 18.6 Å². The second-order valence-electron chi connectivity index (χ2n) is 10.1. The topological polar surface area (TPSA) is 77.6 Å². The Morgan fingerprint density at radius 3 is 2.36 bits per heavy atom. The summed E-state index contributed by atoms with van der Waals surface area (Å²) in [5.74, 6) is 0.138. The summed E-state index contributed by atoms with van der Waals surface area (Å²) >= 11 is 0. The summed E-state index contributed by atoms with van der Waals surface area (Å²) in [7, 11) is 0. The van der Waals surface area contributed by atoms with Crippen LogP contribution < -0.4 is 11.2 Å². The van der Waals surface area contributed by atoms with Gasteiger partial charge in [0.15, 0.2) is 0 Å². The van der Waals surface area contributed by atoms with Crippen LogP contribution in [0.15, 0.2) is 82.6 Å². The molecule has 5 aromatic rings. The van der Waals surface area contributed by atoms with Crippen molar-refractivity contribution in [2.75, 3.05) is 0 Å². The predicted octanol–water partition coefficient (Wildman–Crippen LogP) is 5.69. The fourth-order valence-corrected chi connectivity index (χ4v) is 4.88. The van der Waals surface area contributed by atoms with Crippen LogP contribution in [0.25, 0.3) is 22.3 Å². The van der Waals surface area contributed by atoms with Gasteiger partial charge in [0.05, 0.1) is 35.6 Å². The van der Waals surface area contributed by atoms with E-state index in [1.807, 2.05) is 51.1 Å². The van der Waals surface area contributed by atoms with E-state index in [0.717, 1.165) is 11.6 Å². The van der Waals surface area contributed by atoms with Crippen LogP contribution in [-0.4, -0.2) is 23.9 Å². The third-order valence-electron chi connectivity index (χ3n) is 6.77. The van der Waals surface area contributed by atoms with E-state index in [1.165, 1.54) is 27.6 Å². The fourth-order valence-electron chi connectivity index (χ4n) is 4.88. The molecule has 0 amide bonds. The number of rotatable bonds is 7. The molecule has 1 unspecified atom stereocenters. The molecule has 3 heterocycles. The number of hydrogen-bond donors (Lipinski definition) is 1. The first-order chi connectivity index (χ1) is 18.5. The molecule has 0 aliphatic rings. The highest BCUT2D eigenvalue weighted by atomic mass is 19.4. The van der Waals surface area contributed by atoms with Crippen molar-refractivity contribution in [3.8, 4) is 11.3 Å². The van der Waals surface area contributed by atoms with E-state index < -0.39 is 29.0 Å². The standard InChI is InChI=1S/C29H28F3N5O2/c1-18(2)15-36-25-13-24(22-14-33-35(17-22)16-21-11-7-8-12-23(21)29(30,31)32)34-26(25)27(38)37(28(36)39)19(3)20-9-5-4-6-10-20/h4-14,17-19,34H,15-16H2,1-3H3. The number of alkyl halides is 3. The maximum absolute atomic E-state index is 13.6. The molecule has 0 aliphatic carbocycles. The van der Waals surface area contributed by atoms with Gasteiger partial charge in [0.1, 0.15) is 5.52 Å². The van der Waals surface area contributed by atoms with Crippen molar-refractivity contribution < 1.29 is 13.2 Å². The van der Waals surface area contributed by atoms with Gasteiger partial charge in [-0.25, -0.2) is 4.79 Å². The second kappa shape index (κ2) is 10.1. The lowest BCUT2D eigenvalue weighted by Crippen LogP contribution is -2.42. The molecule has 0 fully saturated rings. The first-order valence-corrected chi connectivity index (χ1v) is 12.7. The quantitative estimate of drug-likeness (QED) is 0.291. The summed E-state index contributed by atoms with van der Waals surface area (Å²) in [6, 6.07) is 16.0. The molecule has 0 bridgehead atoms. The lowest BCUT2D eigenvalue weighted by atomic mass is 10.1. The molecule has 5 rings (SSSR count). The van der Waals surface area contributed by atoms with Crippen molar-refractivity contribution in [2.24, 2.45) is 5.92 Å². The third-order valence-corrected chi connectivity index (χ3v) is 6.77. The van der Waals surface area contributed by atoms with Gasteiger partial charge in [-0.1, -0.05) is 62.4 Å². The number of halogens is 3.